The lowest BCUT2D eigenvalue weighted by molar-refractivity contribution is -0.355. The second-order valence-electron chi connectivity index (χ2n) is 15.1. The second-order valence-corrected chi connectivity index (χ2v) is 15.1. The maximum Gasteiger partial charge on any atom is 0.333 e. The van der Waals surface area contributed by atoms with Gasteiger partial charge in [0, 0.05) is 44.0 Å². The Labute approximate surface area is 338 Å². The minimum absolute atomic E-state index is 0.0343. The van der Waals surface area contributed by atoms with Crippen LogP contribution < -0.4 is 15.4 Å². The number of aliphatic hydroxyl groups is 5. The van der Waals surface area contributed by atoms with Crippen LogP contribution in [0.2, 0.25) is 0 Å². The summed E-state index contributed by atoms with van der Waals surface area (Å²) in [4.78, 5) is 52.1. The number of benzene rings is 1. The van der Waals surface area contributed by atoms with E-state index in [4.69, 9.17) is 28.4 Å². The van der Waals surface area contributed by atoms with Crippen LogP contribution in [0.4, 0.5) is 0 Å². The van der Waals surface area contributed by atoms with Crippen molar-refractivity contribution in [3.63, 3.8) is 0 Å². The van der Waals surface area contributed by atoms with Crippen LogP contribution in [0.25, 0.3) is 0 Å². The van der Waals surface area contributed by atoms with Gasteiger partial charge in [0.25, 0.3) is 0 Å². The molecule has 0 bridgehead atoms. The topological polar surface area (TPSA) is 252 Å². The molecule has 7 N–H and O–H groups in total. The van der Waals surface area contributed by atoms with E-state index < -0.39 is 92.1 Å². The first-order valence-corrected chi connectivity index (χ1v) is 19.9. The van der Waals surface area contributed by atoms with Gasteiger partial charge >= 0.3 is 11.9 Å². The zero-order valence-corrected chi connectivity index (χ0v) is 34.0. The van der Waals surface area contributed by atoms with E-state index in [1.807, 2.05) is 13.8 Å². The van der Waals surface area contributed by atoms with Crippen molar-refractivity contribution in [2.45, 2.75) is 141 Å². The molecule has 0 spiro atoms. The molecule has 0 saturated carbocycles. The smallest absolute Gasteiger partial charge is 0.333 e. The highest BCUT2D eigenvalue weighted by Crippen LogP contribution is 2.31. The largest absolute Gasteiger partial charge is 0.462 e. The van der Waals surface area contributed by atoms with E-state index in [-0.39, 0.29) is 36.4 Å². The zero-order valence-electron chi connectivity index (χ0n) is 34.0. The second kappa shape index (κ2) is 22.0. The van der Waals surface area contributed by atoms with Crippen LogP contribution in [0.5, 0.6) is 5.75 Å². The lowest BCUT2D eigenvalue weighted by atomic mass is 9.97. The van der Waals surface area contributed by atoms with Gasteiger partial charge in [-0.15, -0.1) is 0 Å². The van der Waals surface area contributed by atoms with Crippen molar-refractivity contribution in [3.8, 4) is 5.75 Å². The molecule has 13 atom stereocenters. The maximum atomic E-state index is 13.2. The fraction of sp³-hybridized carbons (Fsp3) is 0.700. The van der Waals surface area contributed by atoms with Crippen molar-refractivity contribution in [3.05, 3.63) is 41.5 Å². The summed E-state index contributed by atoms with van der Waals surface area (Å²) in [6.45, 7) is 10.7. The van der Waals surface area contributed by atoms with Crippen LogP contribution in [0.15, 0.2) is 35.9 Å². The molecular weight excluding hydrogens is 762 g/mol. The van der Waals surface area contributed by atoms with Gasteiger partial charge in [-0.25, -0.2) is 4.79 Å². The predicted octanol–water partition coefficient (Wildman–Crippen LogP) is -0.0286. The highest BCUT2D eigenvalue weighted by molar-refractivity contribution is 5.87. The number of rotatable bonds is 11. The standard InChI is InChI=1S/C40H61N3O15/c1-7-21(3)37(51)43-17-9-15-42-30(45)18-28(41-16-14-27(19-43)55-24(6)44)25-10-12-26(13-11-25)56-40-36(34(49)31(46)23(5)54-40)58-39-35(50)33(48)32(47)29(57-39)20-53-38(52)22(4)8-2/h8,10-13,21,23,27-29,31-36,39-41,46-50H,7,9,14-20H2,1-6H3,(H,42,45)/b22-8+/t21-,23-,27+,28-,29+,31-,32+,33-,34+,35+,36+,39-,40-/m0/s1. The van der Waals surface area contributed by atoms with Crippen LogP contribution >= 0.6 is 0 Å². The third-order valence-electron chi connectivity index (χ3n) is 10.7. The van der Waals surface area contributed by atoms with Gasteiger partial charge in [0.1, 0.15) is 55.1 Å². The number of hydrogen-bond donors (Lipinski definition) is 7. The number of carbonyl (C=O) groups is 4. The number of nitrogens with zero attached hydrogens (tertiary/aromatic N) is 1. The third kappa shape index (κ3) is 12.6. The molecule has 18 nitrogen and oxygen atoms in total. The molecular formula is C40H61N3O15. The molecule has 58 heavy (non-hydrogen) atoms. The fourth-order valence-corrected chi connectivity index (χ4v) is 6.79. The number of hydrogen-bond acceptors (Lipinski definition) is 16. The van der Waals surface area contributed by atoms with Crippen molar-refractivity contribution >= 4 is 23.8 Å². The Bertz CT molecular complexity index is 1550. The summed E-state index contributed by atoms with van der Waals surface area (Å²) < 4.78 is 34.4. The molecule has 0 radical (unpaired) electrons. The van der Waals surface area contributed by atoms with E-state index >= 15 is 0 Å². The van der Waals surface area contributed by atoms with Crippen molar-refractivity contribution in [2.24, 2.45) is 5.92 Å². The number of carbonyl (C=O) groups excluding carboxylic acids is 4. The van der Waals surface area contributed by atoms with Crippen LogP contribution in [0, 0.1) is 5.92 Å². The first kappa shape index (κ1) is 47.0. The first-order valence-electron chi connectivity index (χ1n) is 19.9. The molecule has 326 valence electrons. The summed E-state index contributed by atoms with van der Waals surface area (Å²) in [6, 6.07) is 6.22. The van der Waals surface area contributed by atoms with Gasteiger partial charge in [-0.05, 0) is 64.3 Å². The van der Waals surface area contributed by atoms with E-state index in [9.17, 15) is 44.7 Å². The molecule has 1 aromatic carbocycles. The van der Waals surface area contributed by atoms with Gasteiger partial charge in [0.2, 0.25) is 18.1 Å². The minimum Gasteiger partial charge on any atom is -0.462 e. The Hall–Kier alpha value is -3.72. The molecule has 0 aromatic heterocycles. The van der Waals surface area contributed by atoms with Gasteiger partial charge in [-0.2, -0.15) is 0 Å². The number of nitrogens with one attached hydrogen (secondary N) is 2. The molecule has 2 amide bonds. The number of aliphatic hydroxyl groups excluding tert-OH is 5. The summed E-state index contributed by atoms with van der Waals surface area (Å²) in [5.74, 6) is -1.33. The van der Waals surface area contributed by atoms with Crippen LogP contribution in [0.1, 0.15) is 78.8 Å². The normalized spacial score (nSPS) is 33.7. The van der Waals surface area contributed by atoms with Crippen molar-refractivity contribution in [1.29, 1.82) is 0 Å². The molecule has 3 fully saturated rings. The summed E-state index contributed by atoms with van der Waals surface area (Å²) in [7, 11) is 0. The molecule has 3 saturated heterocycles. The van der Waals surface area contributed by atoms with Crippen molar-refractivity contribution in [2.75, 3.05) is 32.8 Å². The molecule has 0 aliphatic carbocycles. The Morgan fingerprint density at radius 1 is 0.966 bits per heavy atom. The molecule has 0 unspecified atom stereocenters. The Morgan fingerprint density at radius 3 is 2.33 bits per heavy atom. The lowest BCUT2D eigenvalue weighted by Gasteiger charge is -2.45. The Balaban J connectivity index is 1.48. The number of esters is 2. The Kier molecular flexibility index (Phi) is 17.8. The van der Waals surface area contributed by atoms with E-state index in [0.717, 1.165) is 5.56 Å². The van der Waals surface area contributed by atoms with Gasteiger partial charge in [0.15, 0.2) is 12.4 Å². The highest BCUT2D eigenvalue weighted by Gasteiger charge is 2.51. The predicted molar refractivity (Wildman–Crippen MR) is 205 cm³/mol. The van der Waals surface area contributed by atoms with Crippen LogP contribution in [-0.4, -0.2) is 154 Å². The quantitative estimate of drug-likeness (QED) is 0.114. The number of amides is 2. The minimum atomic E-state index is -1.82. The average Bonchev–Trinajstić information content (AvgIpc) is 3.21. The summed E-state index contributed by atoms with van der Waals surface area (Å²) in [5.41, 5.74) is 1.02. The van der Waals surface area contributed by atoms with Crippen LogP contribution in [-0.2, 0) is 42.9 Å². The Morgan fingerprint density at radius 2 is 1.67 bits per heavy atom. The molecule has 3 aliphatic rings. The van der Waals surface area contributed by atoms with E-state index in [1.165, 1.54) is 26.8 Å². The fourth-order valence-electron chi connectivity index (χ4n) is 6.79. The highest BCUT2D eigenvalue weighted by atomic mass is 16.8. The van der Waals surface area contributed by atoms with E-state index in [0.29, 0.717) is 44.5 Å². The van der Waals surface area contributed by atoms with Crippen LogP contribution in [0.3, 0.4) is 0 Å². The molecule has 4 rings (SSSR count). The number of ether oxygens (including phenoxy) is 6. The van der Waals surface area contributed by atoms with Gasteiger partial charge < -0.3 is 69.5 Å². The average molecular weight is 824 g/mol. The molecule has 3 heterocycles. The van der Waals surface area contributed by atoms with Gasteiger partial charge in [-0.3, -0.25) is 14.4 Å². The molecule has 3 aliphatic heterocycles. The van der Waals surface area contributed by atoms with Crippen molar-refractivity contribution < 1.29 is 73.1 Å². The van der Waals surface area contributed by atoms with E-state index in [1.54, 1.807) is 36.1 Å². The van der Waals surface area contributed by atoms with E-state index in [2.05, 4.69) is 10.6 Å². The van der Waals surface area contributed by atoms with Gasteiger partial charge in [-0.1, -0.05) is 32.1 Å². The SMILES string of the molecule is C/C=C(\C)C(=O)OC[C@H]1O[C@@H](O[C@H]2[C@H](Oc3ccc([C@@H]4CC(=O)NCCCN(C(=O)[C@@H](C)CC)C[C@H](OC(C)=O)CCN4)cc3)O[C@@H](C)[C@H](O)[C@H]2O)[C@H](O)[C@@H](O)[C@@H]1O. The lowest BCUT2D eigenvalue weighted by Crippen LogP contribution is -2.64. The van der Waals surface area contributed by atoms with Crippen molar-refractivity contribution in [1.82, 2.24) is 15.5 Å². The molecule has 1 aromatic rings. The first-order chi connectivity index (χ1) is 27.5. The van der Waals surface area contributed by atoms with Gasteiger partial charge in [0.05, 0.1) is 12.6 Å². The number of allylic oxidation sites excluding steroid dienone is 1. The summed E-state index contributed by atoms with van der Waals surface area (Å²) in [6.07, 6.45) is -12.5. The zero-order chi connectivity index (χ0) is 42.7. The summed E-state index contributed by atoms with van der Waals surface area (Å²) >= 11 is 0. The maximum absolute atomic E-state index is 13.2. The third-order valence-corrected chi connectivity index (χ3v) is 10.7. The summed E-state index contributed by atoms with van der Waals surface area (Å²) in [5, 5.41) is 60.0. The molecule has 18 heteroatoms. The monoisotopic (exact) mass is 823 g/mol.